The predicted molar refractivity (Wildman–Crippen MR) is 54.8 cm³/mol. The highest BCUT2D eigenvalue weighted by Gasteiger charge is 2.03. The first-order valence-corrected chi connectivity index (χ1v) is 4.90. The van der Waals surface area contributed by atoms with Crippen molar-refractivity contribution < 1.29 is 0 Å². The van der Waals surface area contributed by atoms with E-state index >= 15 is 0 Å². The molecule has 0 spiro atoms. The third kappa shape index (κ3) is 1.89. The summed E-state index contributed by atoms with van der Waals surface area (Å²) in [4.78, 5) is 15.6. The molecule has 74 valence electrons. The zero-order valence-corrected chi connectivity index (χ0v) is 8.49. The van der Waals surface area contributed by atoms with E-state index in [-0.39, 0.29) is 0 Å². The van der Waals surface area contributed by atoms with Crippen LogP contribution in [0.2, 0.25) is 0 Å². The molecule has 0 aliphatic heterocycles. The maximum atomic E-state index is 4.38. The second-order valence-corrected chi connectivity index (χ2v) is 3.88. The standard InChI is InChI=1S/C10H14N4/c1-7(2)3-4-9-13-8-5-11-6-12-10(8)14-9/h5-7H,3-4H2,1-2H3,(H,11,12,13,14). The summed E-state index contributed by atoms with van der Waals surface area (Å²) in [6, 6.07) is 0. The van der Waals surface area contributed by atoms with E-state index in [1.54, 1.807) is 6.20 Å². The highest BCUT2D eigenvalue weighted by Crippen LogP contribution is 2.10. The van der Waals surface area contributed by atoms with Gasteiger partial charge < -0.3 is 4.98 Å². The number of aryl methyl sites for hydroxylation is 1. The second kappa shape index (κ2) is 3.74. The highest BCUT2D eigenvalue weighted by molar-refractivity contribution is 5.68. The van der Waals surface area contributed by atoms with Gasteiger partial charge in [0.2, 0.25) is 0 Å². The average Bonchev–Trinajstić information content (AvgIpc) is 2.57. The van der Waals surface area contributed by atoms with E-state index in [1.807, 2.05) is 0 Å². The zero-order valence-electron chi connectivity index (χ0n) is 8.49. The molecule has 2 rings (SSSR count). The van der Waals surface area contributed by atoms with Crippen LogP contribution in [-0.2, 0) is 6.42 Å². The van der Waals surface area contributed by atoms with Gasteiger partial charge in [-0.15, -0.1) is 0 Å². The van der Waals surface area contributed by atoms with E-state index in [4.69, 9.17) is 0 Å². The van der Waals surface area contributed by atoms with Crippen molar-refractivity contribution in [2.75, 3.05) is 0 Å². The van der Waals surface area contributed by atoms with Crippen molar-refractivity contribution in [2.24, 2.45) is 5.92 Å². The third-order valence-corrected chi connectivity index (χ3v) is 2.17. The third-order valence-electron chi connectivity index (χ3n) is 2.17. The summed E-state index contributed by atoms with van der Waals surface area (Å²) in [6.45, 7) is 4.42. The molecular weight excluding hydrogens is 176 g/mol. The molecule has 0 unspecified atom stereocenters. The maximum absolute atomic E-state index is 4.38. The molecule has 0 bridgehead atoms. The van der Waals surface area contributed by atoms with Gasteiger partial charge in [-0.25, -0.2) is 15.0 Å². The number of nitrogens with zero attached hydrogens (tertiary/aromatic N) is 3. The van der Waals surface area contributed by atoms with Crippen molar-refractivity contribution in [1.82, 2.24) is 19.9 Å². The number of hydrogen-bond acceptors (Lipinski definition) is 3. The summed E-state index contributed by atoms with van der Waals surface area (Å²) in [5, 5.41) is 0. The Morgan fingerprint density at radius 2 is 2.29 bits per heavy atom. The van der Waals surface area contributed by atoms with Gasteiger partial charge in [0, 0.05) is 6.42 Å². The molecule has 0 atom stereocenters. The number of aromatic amines is 1. The van der Waals surface area contributed by atoms with E-state index in [0.717, 1.165) is 29.8 Å². The number of rotatable bonds is 3. The molecule has 0 saturated heterocycles. The molecule has 2 aromatic rings. The fourth-order valence-corrected chi connectivity index (χ4v) is 1.36. The fraction of sp³-hybridized carbons (Fsp3) is 0.500. The number of imidazole rings is 1. The Morgan fingerprint density at radius 1 is 1.43 bits per heavy atom. The average molecular weight is 190 g/mol. The molecule has 14 heavy (non-hydrogen) atoms. The zero-order chi connectivity index (χ0) is 9.97. The minimum Gasteiger partial charge on any atom is -0.339 e. The van der Waals surface area contributed by atoms with Gasteiger partial charge in [-0.2, -0.15) is 0 Å². The van der Waals surface area contributed by atoms with Crippen LogP contribution in [0.4, 0.5) is 0 Å². The topological polar surface area (TPSA) is 54.5 Å². The molecule has 4 nitrogen and oxygen atoms in total. The summed E-state index contributed by atoms with van der Waals surface area (Å²) in [5.41, 5.74) is 1.69. The normalized spacial score (nSPS) is 11.4. The van der Waals surface area contributed by atoms with Crippen LogP contribution in [0.1, 0.15) is 26.1 Å². The van der Waals surface area contributed by atoms with Crippen LogP contribution in [0, 0.1) is 5.92 Å². The van der Waals surface area contributed by atoms with Crippen LogP contribution in [0.3, 0.4) is 0 Å². The van der Waals surface area contributed by atoms with Crippen LogP contribution in [0.15, 0.2) is 12.5 Å². The smallest absolute Gasteiger partial charge is 0.180 e. The molecule has 0 saturated carbocycles. The van der Waals surface area contributed by atoms with Crippen molar-refractivity contribution in [1.29, 1.82) is 0 Å². The second-order valence-electron chi connectivity index (χ2n) is 3.88. The number of hydrogen-bond donors (Lipinski definition) is 1. The molecule has 4 heteroatoms. The quantitative estimate of drug-likeness (QED) is 0.804. The van der Waals surface area contributed by atoms with Crippen LogP contribution in [0.5, 0.6) is 0 Å². The van der Waals surface area contributed by atoms with Crippen LogP contribution in [0.25, 0.3) is 11.2 Å². The first kappa shape index (κ1) is 9.12. The van der Waals surface area contributed by atoms with E-state index < -0.39 is 0 Å². The molecule has 0 radical (unpaired) electrons. The molecule has 2 heterocycles. The molecule has 0 aliphatic rings. The lowest BCUT2D eigenvalue weighted by Gasteiger charge is -2.00. The molecule has 1 N–H and O–H groups in total. The molecule has 2 aromatic heterocycles. The van der Waals surface area contributed by atoms with Crippen molar-refractivity contribution in [2.45, 2.75) is 26.7 Å². The van der Waals surface area contributed by atoms with Crippen LogP contribution >= 0.6 is 0 Å². The van der Waals surface area contributed by atoms with E-state index in [0.29, 0.717) is 5.92 Å². The van der Waals surface area contributed by atoms with Crippen LogP contribution in [-0.4, -0.2) is 19.9 Å². The van der Waals surface area contributed by atoms with Crippen molar-refractivity contribution in [3.8, 4) is 0 Å². The van der Waals surface area contributed by atoms with Gasteiger partial charge in [-0.3, -0.25) is 0 Å². The van der Waals surface area contributed by atoms with Gasteiger partial charge >= 0.3 is 0 Å². The van der Waals surface area contributed by atoms with E-state index in [9.17, 15) is 0 Å². The Bertz CT molecular complexity index is 386. The number of nitrogens with one attached hydrogen (secondary N) is 1. The molecule has 0 aromatic carbocycles. The number of H-pyrrole nitrogens is 1. The van der Waals surface area contributed by atoms with Gasteiger partial charge in [0.25, 0.3) is 0 Å². The summed E-state index contributed by atoms with van der Waals surface area (Å²) >= 11 is 0. The van der Waals surface area contributed by atoms with Gasteiger partial charge in [-0.05, 0) is 12.3 Å². The lowest BCUT2D eigenvalue weighted by Crippen LogP contribution is -1.93. The number of fused-ring (bicyclic) bond motifs is 1. The van der Waals surface area contributed by atoms with E-state index in [1.165, 1.54) is 6.33 Å². The lowest BCUT2D eigenvalue weighted by atomic mass is 10.1. The van der Waals surface area contributed by atoms with E-state index in [2.05, 4.69) is 33.8 Å². The first-order chi connectivity index (χ1) is 6.75. The van der Waals surface area contributed by atoms with Crippen molar-refractivity contribution in [3.05, 3.63) is 18.3 Å². The maximum Gasteiger partial charge on any atom is 0.180 e. The summed E-state index contributed by atoms with van der Waals surface area (Å²) in [6.07, 6.45) is 5.41. The summed E-state index contributed by atoms with van der Waals surface area (Å²) < 4.78 is 0. The fourth-order valence-electron chi connectivity index (χ4n) is 1.36. The molecule has 0 aliphatic carbocycles. The summed E-state index contributed by atoms with van der Waals surface area (Å²) in [7, 11) is 0. The minimum atomic E-state index is 0.703. The highest BCUT2D eigenvalue weighted by atomic mass is 15.0. The van der Waals surface area contributed by atoms with Gasteiger partial charge in [-0.1, -0.05) is 13.8 Å². The van der Waals surface area contributed by atoms with Crippen LogP contribution < -0.4 is 0 Å². The van der Waals surface area contributed by atoms with Crippen molar-refractivity contribution in [3.63, 3.8) is 0 Å². The lowest BCUT2D eigenvalue weighted by molar-refractivity contribution is 0.577. The predicted octanol–water partition coefficient (Wildman–Crippen LogP) is 1.94. The molecular formula is C10H14N4. The largest absolute Gasteiger partial charge is 0.339 e. The Labute approximate surface area is 82.8 Å². The molecule has 0 amide bonds. The Kier molecular flexibility index (Phi) is 2.43. The Morgan fingerprint density at radius 3 is 3.00 bits per heavy atom. The number of aromatic nitrogens is 4. The monoisotopic (exact) mass is 190 g/mol. The minimum absolute atomic E-state index is 0.703. The SMILES string of the molecule is CC(C)CCc1nc2ncncc2[nH]1. The first-order valence-electron chi connectivity index (χ1n) is 4.90. The Balaban J connectivity index is 2.19. The van der Waals surface area contributed by atoms with Gasteiger partial charge in [0.1, 0.15) is 17.7 Å². The summed E-state index contributed by atoms with van der Waals surface area (Å²) in [5.74, 6) is 1.71. The van der Waals surface area contributed by atoms with Gasteiger partial charge in [0.05, 0.1) is 6.20 Å². The van der Waals surface area contributed by atoms with Gasteiger partial charge in [0.15, 0.2) is 5.65 Å². The van der Waals surface area contributed by atoms with Crippen molar-refractivity contribution >= 4 is 11.2 Å². The Hall–Kier alpha value is -1.45. The molecule has 0 fully saturated rings.